The van der Waals surface area contributed by atoms with Gasteiger partial charge in [0.1, 0.15) is 0 Å². The highest BCUT2D eigenvalue weighted by Crippen LogP contribution is 2.56. The van der Waals surface area contributed by atoms with E-state index < -0.39 is 14.1 Å². The molecule has 5 heteroatoms. The van der Waals surface area contributed by atoms with Crippen LogP contribution in [0.3, 0.4) is 0 Å². The van der Waals surface area contributed by atoms with Gasteiger partial charge in [-0.05, 0) is 43.8 Å². The van der Waals surface area contributed by atoms with Crippen LogP contribution in [0.15, 0.2) is 11.6 Å². The fourth-order valence-corrected chi connectivity index (χ4v) is 5.96. The number of hydrogen-bond acceptors (Lipinski definition) is 4. The summed E-state index contributed by atoms with van der Waals surface area (Å²) in [6, 6.07) is 0. The molecular weight excluding hydrogens is 332 g/mol. The molecule has 0 aromatic heterocycles. The zero-order chi connectivity index (χ0) is 18.3. The summed E-state index contributed by atoms with van der Waals surface area (Å²) < 4.78 is 18.9. The standard InChI is InChI=1S/C20H36O4Si/c1-18(2,3)25(4,5)24-17-8-6-7-16-15-20(22-13-14-23-20)10-9-19(16,17)11-12-21/h7,17,21H,6,8-15H2,1-5H3/t17-,19+/m1/s1. The first-order valence-corrected chi connectivity index (χ1v) is 12.8. The molecule has 1 saturated heterocycles. The summed E-state index contributed by atoms with van der Waals surface area (Å²) in [6.07, 6.45) is 8.22. The summed E-state index contributed by atoms with van der Waals surface area (Å²) >= 11 is 0. The Balaban J connectivity index is 1.87. The molecule has 1 aliphatic heterocycles. The van der Waals surface area contributed by atoms with Crippen LogP contribution >= 0.6 is 0 Å². The van der Waals surface area contributed by atoms with E-state index in [-0.39, 0.29) is 23.2 Å². The van der Waals surface area contributed by atoms with E-state index in [9.17, 15) is 5.11 Å². The molecule has 2 atom stereocenters. The number of fused-ring (bicyclic) bond motifs is 1. The van der Waals surface area contributed by atoms with Crippen molar-refractivity contribution in [3.63, 3.8) is 0 Å². The summed E-state index contributed by atoms with van der Waals surface area (Å²) in [7, 11) is -1.86. The van der Waals surface area contributed by atoms with Crippen LogP contribution in [0, 0.1) is 5.41 Å². The van der Waals surface area contributed by atoms with Crippen molar-refractivity contribution in [1.29, 1.82) is 0 Å². The SMILES string of the molecule is CC(C)(C)[Si](C)(C)O[C@@H]1CCC=C2CC3(CC[C@]21CCO)OCCO3. The normalized spacial score (nSPS) is 32.6. The van der Waals surface area contributed by atoms with E-state index >= 15 is 0 Å². The summed E-state index contributed by atoms with van der Waals surface area (Å²) in [5.74, 6) is -0.413. The van der Waals surface area contributed by atoms with E-state index in [0.717, 1.165) is 38.5 Å². The molecule has 3 rings (SSSR count). The Bertz CT molecular complexity index is 516. The lowest BCUT2D eigenvalue weighted by Gasteiger charge is -2.54. The molecule has 1 heterocycles. The van der Waals surface area contributed by atoms with E-state index in [1.165, 1.54) is 5.57 Å². The highest BCUT2D eigenvalue weighted by molar-refractivity contribution is 6.74. The lowest BCUT2D eigenvalue weighted by Crippen LogP contribution is -2.54. The molecule has 0 radical (unpaired) electrons. The van der Waals surface area contributed by atoms with Crippen LogP contribution in [-0.2, 0) is 13.9 Å². The van der Waals surface area contributed by atoms with Crippen molar-refractivity contribution in [2.45, 2.75) is 89.3 Å². The smallest absolute Gasteiger partial charge is 0.192 e. The minimum atomic E-state index is -1.86. The first-order valence-electron chi connectivity index (χ1n) is 9.90. The fourth-order valence-electron chi connectivity index (χ4n) is 4.55. The molecule has 1 saturated carbocycles. The molecule has 0 bridgehead atoms. The van der Waals surface area contributed by atoms with E-state index in [0.29, 0.717) is 13.2 Å². The maximum Gasteiger partial charge on any atom is 0.192 e. The van der Waals surface area contributed by atoms with Gasteiger partial charge in [0.25, 0.3) is 0 Å². The van der Waals surface area contributed by atoms with Crippen molar-refractivity contribution < 1.29 is 19.0 Å². The van der Waals surface area contributed by atoms with Gasteiger partial charge in [0.15, 0.2) is 14.1 Å². The molecule has 1 N–H and O–H groups in total. The number of ether oxygens (including phenoxy) is 2. The van der Waals surface area contributed by atoms with Gasteiger partial charge < -0.3 is 19.0 Å². The average molecular weight is 369 g/mol. The molecule has 0 unspecified atom stereocenters. The number of aliphatic hydroxyl groups excluding tert-OH is 1. The topological polar surface area (TPSA) is 47.9 Å². The molecular formula is C20H36O4Si. The Morgan fingerprint density at radius 3 is 2.52 bits per heavy atom. The Labute approximate surface area is 154 Å². The summed E-state index contributed by atoms with van der Waals surface area (Å²) in [6.45, 7) is 13.2. The van der Waals surface area contributed by atoms with Crippen molar-refractivity contribution in [1.82, 2.24) is 0 Å². The van der Waals surface area contributed by atoms with Crippen LogP contribution < -0.4 is 0 Å². The zero-order valence-electron chi connectivity index (χ0n) is 16.7. The van der Waals surface area contributed by atoms with Gasteiger partial charge in [0, 0.05) is 24.9 Å². The molecule has 3 aliphatic rings. The summed E-state index contributed by atoms with van der Waals surface area (Å²) in [4.78, 5) is 0. The van der Waals surface area contributed by atoms with Crippen molar-refractivity contribution in [3.05, 3.63) is 11.6 Å². The Hall–Kier alpha value is -0.203. The lowest BCUT2D eigenvalue weighted by atomic mass is 9.60. The molecule has 2 aliphatic carbocycles. The van der Waals surface area contributed by atoms with Gasteiger partial charge in [-0.3, -0.25) is 0 Å². The first kappa shape index (κ1) is 19.6. The van der Waals surface area contributed by atoms with E-state index in [4.69, 9.17) is 13.9 Å². The fraction of sp³-hybridized carbons (Fsp3) is 0.900. The molecule has 25 heavy (non-hydrogen) atoms. The van der Waals surface area contributed by atoms with Gasteiger partial charge in [0.05, 0.1) is 19.3 Å². The van der Waals surface area contributed by atoms with Crippen LogP contribution in [0.4, 0.5) is 0 Å². The van der Waals surface area contributed by atoms with Crippen molar-refractivity contribution in [2.24, 2.45) is 5.41 Å². The van der Waals surface area contributed by atoms with Crippen LogP contribution in [0.5, 0.6) is 0 Å². The van der Waals surface area contributed by atoms with Crippen LogP contribution in [-0.4, -0.2) is 45.1 Å². The average Bonchev–Trinajstić information content (AvgIpc) is 2.96. The third-order valence-electron chi connectivity index (χ3n) is 7.10. The summed E-state index contributed by atoms with van der Waals surface area (Å²) in [5, 5.41) is 10.0. The van der Waals surface area contributed by atoms with Gasteiger partial charge in [-0.25, -0.2) is 0 Å². The second-order valence-corrected chi connectivity index (χ2v) is 14.3. The van der Waals surface area contributed by atoms with Crippen molar-refractivity contribution in [3.8, 4) is 0 Å². The third kappa shape index (κ3) is 3.50. The van der Waals surface area contributed by atoms with Gasteiger partial charge >= 0.3 is 0 Å². The maximum atomic E-state index is 9.85. The van der Waals surface area contributed by atoms with E-state index in [2.05, 4.69) is 39.9 Å². The molecule has 144 valence electrons. The largest absolute Gasteiger partial charge is 0.413 e. The molecule has 1 spiro atoms. The van der Waals surface area contributed by atoms with Gasteiger partial charge in [-0.1, -0.05) is 32.4 Å². The first-order chi connectivity index (χ1) is 11.6. The molecule has 4 nitrogen and oxygen atoms in total. The molecule has 0 aromatic rings. The Morgan fingerprint density at radius 2 is 1.92 bits per heavy atom. The quantitative estimate of drug-likeness (QED) is 0.590. The maximum absolute atomic E-state index is 9.85. The predicted molar refractivity (Wildman–Crippen MR) is 102 cm³/mol. The van der Waals surface area contributed by atoms with Crippen molar-refractivity contribution in [2.75, 3.05) is 19.8 Å². The molecule has 0 amide bonds. The van der Waals surface area contributed by atoms with Crippen LogP contribution in [0.2, 0.25) is 18.1 Å². The number of rotatable bonds is 4. The second-order valence-electron chi connectivity index (χ2n) is 9.59. The number of allylic oxidation sites excluding steroid dienone is 1. The minimum Gasteiger partial charge on any atom is -0.413 e. The minimum absolute atomic E-state index is 0.0386. The number of aliphatic hydroxyl groups is 1. The van der Waals surface area contributed by atoms with Crippen LogP contribution in [0.1, 0.15) is 59.3 Å². The Morgan fingerprint density at radius 1 is 1.24 bits per heavy atom. The van der Waals surface area contributed by atoms with Gasteiger partial charge in [-0.2, -0.15) is 0 Å². The van der Waals surface area contributed by atoms with E-state index in [1.54, 1.807) is 0 Å². The highest BCUT2D eigenvalue weighted by Gasteiger charge is 2.54. The van der Waals surface area contributed by atoms with Gasteiger partial charge in [0.2, 0.25) is 0 Å². The second kappa shape index (κ2) is 6.75. The predicted octanol–water partition coefficient (Wildman–Crippen LogP) is 4.39. The molecule has 2 fully saturated rings. The summed E-state index contributed by atoms with van der Waals surface area (Å²) in [5.41, 5.74) is 1.37. The monoisotopic (exact) mass is 368 g/mol. The lowest BCUT2D eigenvalue weighted by molar-refractivity contribution is -0.185. The van der Waals surface area contributed by atoms with Crippen molar-refractivity contribution >= 4 is 8.32 Å². The number of hydrogen-bond donors (Lipinski definition) is 1. The highest BCUT2D eigenvalue weighted by atomic mass is 28.4. The van der Waals surface area contributed by atoms with Gasteiger partial charge in [-0.15, -0.1) is 0 Å². The van der Waals surface area contributed by atoms with Crippen LogP contribution in [0.25, 0.3) is 0 Å². The Kier molecular flexibility index (Phi) is 5.28. The van der Waals surface area contributed by atoms with E-state index in [1.807, 2.05) is 0 Å². The third-order valence-corrected chi connectivity index (χ3v) is 11.6. The zero-order valence-corrected chi connectivity index (χ0v) is 17.7. The molecule has 0 aromatic carbocycles.